The molecule has 3 heterocycles. The number of ether oxygens (including phenoxy) is 3. The second-order valence-corrected chi connectivity index (χ2v) is 22.8. The molecule has 440 valence electrons. The van der Waals surface area contributed by atoms with Crippen LogP contribution >= 0.6 is 0 Å². The third kappa shape index (κ3) is 16.8. The fourth-order valence-corrected chi connectivity index (χ4v) is 10.5. The van der Waals surface area contributed by atoms with Crippen molar-refractivity contribution in [2.75, 3.05) is 34.3 Å². The van der Waals surface area contributed by atoms with Gasteiger partial charge in [-0.05, 0) is 93.7 Å². The van der Waals surface area contributed by atoms with Gasteiger partial charge in [-0.3, -0.25) is 47.9 Å². The molecule has 3 saturated heterocycles. The van der Waals surface area contributed by atoms with Crippen molar-refractivity contribution in [3.8, 4) is 5.75 Å². The van der Waals surface area contributed by atoms with Gasteiger partial charge in [-0.15, -0.1) is 0 Å². The van der Waals surface area contributed by atoms with Crippen LogP contribution in [0.25, 0.3) is 0 Å². The Kier molecular flexibility index (Phi) is 24.0. The maximum Gasteiger partial charge on any atom is 0.329 e. The molecule has 0 spiro atoms. The van der Waals surface area contributed by atoms with Crippen LogP contribution < -0.4 is 20.7 Å². The highest BCUT2D eigenvalue weighted by Crippen LogP contribution is 2.27. The van der Waals surface area contributed by atoms with Gasteiger partial charge in [0, 0.05) is 40.5 Å². The molecule has 3 aliphatic rings. The molecule has 0 bridgehead atoms. The number of ketones is 2. The van der Waals surface area contributed by atoms with E-state index in [2.05, 4.69) is 16.0 Å². The van der Waals surface area contributed by atoms with Crippen molar-refractivity contribution in [2.45, 2.75) is 195 Å². The molecule has 1 aromatic rings. The van der Waals surface area contributed by atoms with Gasteiger partial charge < -0.3 is 54.9 Å². The number of rotatable bonds is 15. The first-order valence-corrected chi connectivity index (χ1v) is 27.9. The SMILES string of the molecule is CC[C@H](C)[C@H]1NC(=O)[C@@H](NC(=O)[C@@H](CC(C)C)N(C)C(=O)[C@@H]2CCCN2C(=O)C(C)=O)[C@@H](C)OC(=O)[C@H](Cc2ccc(OC)cc2)N(C)C(=O)C2CCCN2C(=O)[C@H](CC(C)C)NC(=O)[C@@H](C)C(=O)[C@H](C(C)C)OC(=O)C[C@H]1O. The summed E-state index contributed by atoms with van der Waals surface area (Å²) in [7, 11) is 4.26. The number of carbonyl (C=O) groups excluding carboxylic acids is 11. The van der Waals surface area contributed by atoms with Crippen LogP contribution in [0.3, 0.4) is 0 Å². The Morgan fingerprint density at radius 3 is 2.06 bits per heavy atom. The maximum absolute atomic E-state index is 15.0. The number of benzene rings is 1. The predicted molar refractivity (Wildman–Crippen MR) is 289 cm³/mol. The summed E-state index contributed by atoms with van der Waals surface area (Å²) in [6, 6.07) is -2.32. The van der Waals surface area contributed by atoms with Gasteiger partial charge in [0.15, 0.2) is 11.9 Å². The summed E-state index contributed by atoms with van der Waals surface area (Å²) in [5.41, 5.74) is 0.566. The van der Waals surface area contributed by atoms with Gasteiger partial charge in [0.05, 0.1) is 31.6 Å². The molecule has 79 heavy (non-hydrogen) atoms. The molecule has 4 rings (SSSR count). The maximum atomic E-state index is 15.0. The van der Waals surface area contributed by atoms with E-state index in [0.29, 0.717) is 30.6 Å². The zero-order chi connectivity index (χ0) is 59.3. The molecule has 1 unspecified atom stereocenters. The van der Waals surface area contributed by atoms with E-state index in [4.69, 9.17) is 14.2 Å². The number of aliphatic hydroxyl groups is 1. The Balaban J connectivity index is 1.89. The lowest BCUT2D eigenvalue weighted by Gasteiger charge is -2.36. The second kappa shape index (κ2) is 29.1. The lowest BCUT2D eigenvalue weighted by molar-refractivity contribution is -0.163. The molecule has 22 heteroatoms. The van der Waals surface area contributed by atoms with Gasteiger partial charge in [-0.2, -0.15) is 0 Å². The summed E-state index contributed by atoms with van der Waals surface area (Å²) < 4.78 is 17.2. The van der Waals surface area contributed by atoms with E-state index in [1.165, 1.54) is 54.7 Å². The van der Waals surface area contributed by atoms with E-state index >= 15 is 0 Å². The monoisotopic (exact) mass is 1110 g/mol. The summed E-state index contributed by atoms with van der Waals surface area (Å²) >= 11 is 0. The van der Waals surface area contributed by atoms with Crippen LogP contribution in [0.1, 0.15) is 133 Å². The Morgan fingerprint density at radius 1 is 0.861 bits per heavy atom. The zero-order valence-electron chi connectivity index (χ0n) is 48.7. The largest absolute Gasteiger partial charge is 0.497 e. The van der Waals surface area contributed by atoms with Gasteiger partial charge >= 0.3 is 11.9 Å². The highest BCUT2D eigenvalue weighted by Gasteiger charge is 2.46. The molecule has 1 aromatic carbocycles. The number of Topliss-reactive ketones (excluding diaryl/α,β-unsaturated/α-hetero) is 2. The van der Waals surface area contributed by atoms with Crippen LogP contribution in [0.5, 0.6) is 5.75 Å². The fraction of sp³-hybridized carbons (Fsp3) is 0.702. The Hall–Kier alpha value is -6.45. The number of carbonyl (C=O) groups is 11. The van der Waals surface area contributed by atoms with Gasteiger partial charge in [-0.25, -0.2) is 4.79 Å². The number of hydrogen-bond donors (Lipinski definition) is 4. The topological polar surface area (TPSA) is 285 Å². The lowest BCUT2D eigenvalue weighted by Crippen LogP contribution is -2.62. The summed E-state index contributed by atoms with van der Waals surface area (Å²) in [5, 5.41) is 20.1. The first-order valence-electron chi connectivity index (χ1n) is 27.9. The third-order valence-electron chi connectivity index (χ3n) is 15.4. The van der Waals surface area contributed by atoms with Gasteiger partial charge in [0.1, 0.15) is 48.1 Å². The molecule has 12 atom stereocenters. The molecular formula is C57H87N7O15. The van der Waals surface area contributed by atoms with E-state index in [9.17, 15) is 57.8 Å². The van der Waals surface area contributed by atoms with Gasteiger partial charge in [-0.1, -0.05) is 73.9 Å². The first-order chi connectivity index (χ1) is 37.0. The molecular weight excluding hydrogens is 1020 g/mol. The molecule has 22 nitrogen and oxygen atoms in total. The number of esters is 2. The van der Waals surface area contributed by atoms with Crippen molar-refractivity contribution in [3.63, 3.8) is 0 Å². The third-order valence-corrected chi connectivity index (χ3v) is 15.4. The second-order valence-electron chi connectivity index (χ2n) is 22.8. The van der Waals surface area contributed by atoms with Crippen molar-refractivity contribution >= 4 is 64.9 Å². The molecule has 0 saturated carbocycles. The summed E-state index contributed by atoms with van der Waals surface area (Å²) in [5.74, 6) is -11.3. The number of methoxy groups -OCH3 is 1. The van der Waals surface area contributed by atoms with Crippen molar-refractivity contribution in [1.82, 2.24) is 35.6 Å². The number of fused-ring (bicyclic) bond motifs is 1. The van der Waals surface area contributed by atoms with Crippen LogP contribution in [0, 0.1) is 29.6 Å². The normalized spacial score (nSPS) is 27.2. The number of nitrogens with one attached hydrogen (secondary N) is 3. The first kappa shape index (κ1) is 65.1. The van der Waals surface area contributed by atoms with E-state index in [1.54, 1.807) is 52.0 Å². The van der Waals surface area contributed by atoms with Crippen LogP contribution in [-0.4, -0.2) is 184 Å². The summed E-state index contributed by atoms with van der Waals surface area (Å²) in [6.45, 7) is 18.1. The average Bonchev–Trinajstić information content (AvgIpc) is 4.13. The number of likely N-dealkylation sites (tertiary alicyclic amines) is 1. The quantitative estimate of drug-likeness (QED) is 0.112. The average molecular weight is 1110 g/mol. The predicted octanol–water partition coefficient (Wildman–Crippen LogP) is 2.52. The smallest absolute Gasteiger partial charge is 0.329 e. The van der Waals surface area contributed by atoms with Crippen LogP contribution in [0.4, 0.5) is 0 Å². The van der Waals surface area contributed by atoms with Crippen molar-refractivity contribution in [2.24, 2.45) is 29.6 Å². The molecule has 0 radical (unpaired) electrons. The number of nitrogens with zero attached hydrogens (tertiary/aromatic N) is 4. The number of aliphatic hydroxyl groups excluding tert-OH is 1. The van der Waals surface area contributed by atoms with Gasteiger partial charge in [0.2, 0.25) is 41.2 Å². The standard InChI is InChI=1S/C57H87N7O15/c1-15-33(8)46-44(66)29-45(67)79-49(32(6)7)48(68)34(9)50(69)58-39(26-30(2)3)54(73)64-25-17-19-41(64)56(75)62(13)43(28-37-20-22-38(77-14)23-21-37)57(76)78-36(11)47(52(71)59-46)60-51(70)42(27-31(4)5)61(12)55(74)40-18-16-24-63(40)53(72)35(10)65/h20-23,30-34,36,39-44,46-47,49,66H,15-19,24-29H2,1-14H3,(H,58,69)(H,59,71)(H,60,70)/t33-,34-,36+,39-,40-,41?,42+,43-,44+,46+,47-,49-/m0/s1. The highest BCUT2D eigenvalue weighted by molar-refractivity contribution is 6.35. The number of cyclic esters (lactones) is 2. The molecule has 3 fully saturated rings. The minimum Gasteiger partial charge on any atom is -0.497 e. The Morgan fingerprint density at radius 2 is 1.49 bits per heavy atom. The number of likely N-dealkylation sites (N-methyl/N-ethyl adjacent to an activating group) is 2. The zero-order valence-corrected chi connectivity index (χ0v) is 48.7. The van der Waals surface area contributed by atoms with Crippen molar-refractivity contribution in [1.29, 1.82) is 0 Å². The molecule has 3 aliphatic heterocycles. The molecule has 0 aliphatic carbocycles. The van der Waals surface area contributed by atoms with Gasteiger partial charge in [0.25, 0.3) is 5.91 Å². The van der Waals surface area contributed by atoms with Crippen molar-refractivity contribution < 1.29 is 72.1 Å². The number of amides is 7. The molecule has 4 N–H and O–H groups in total. The summed E-state index contributed by atoms with van der Waals surface area (Å²) in [4.78, 5) is 160. The van der Waals surface area contributed by atoms with Crippen molar-refractivity contribution in [3.05, 3.63) is 29.8 Å². The minimum atomic E-state index is -1.78. The van der Waals surface area contributed by atoms with E-state index < -0.39 is 150 Å². The van der Waals surface area contributed by atoms with E-state index in [-0.39, 0.29) is 57.0 Å². The molecule has 0 aromatic heterocycles. The van der Waals surface area contributed by atoms with Crippen LogP contribution in [0.15, 0.2) is 24.3 Å². The Bertz CT molecular complexity index is 2380. The highest BCUT2D eigenvalue weighted by atomic mass is 16.6. The number of hydrogen-bond acceptors (Lipinski definition) is 15. The van der Waals surface area contributed by atoms with E-state index in [0.717, 1.165) is 6.92 Å². The van der Waals surface area contributed by atoms with Crippen LogP contribution in [0.2, 0.25) is 0 Å². The fourth-order valence-electron chi connectivity index (χ4n) is 10.5. The lowest BCUT2D eigenvalue weighted by atomic mass is 9.91. The summed E-state index contributed by atoms with van der Waals surface area (Å²) in [6.07, 6.45) is -3.76. The van der Waals surface area contributed by atoms with E-state index in [1.807, 2.05) is 27.7 Å². The Labute approximate surface area is 465 Å². The van der Waals surface area contributed by atoms with Crippen LogP contribution in [-0.2, 0) is 68.6 Å². The minimum absolute atomic E-state index is 0.0545. The molecule has 7 amide bonds.